The van der Waals surface area contributed by atoms with E-state index < -0.39 is 5.82 Å². The first kappa shape index (κ1) is 17.4. The molecule has 1 amide bonds. The third-order valence-electron chi connectivity index (χ3n) is 3.73. The number of ether oxygens (including phenoxy) is 3. The monoisotopic (exact) mass is 365 g/mol. The minimum absolute atomic E-state index is 0.0686. The van der Waals surface area contributed by atoms with Gasteiger partial charge in [-0.25, -0.2) is 4.39 Å². The molecule has 0 saturated carbocycles. The smallest absolute Gasteiger partial charge is 0.224 e. The Morgan fingerprint density at radius 3 is 2.80 bits per heavy atom. The van der Waals surface area contributed by atoms with Gasteiger partial charge in [-0.05, 0) is 35.4 Å². The summed E-state index contributed by atoms with van der Waals surface area (Å²) in [6.07, 6.45) is 0.0686. The third kappa shape index (κ3) is 4.14. The number of hydrogen-bond donors (Lipinski definition) is 1. The number of methoxy groups -OCH3 is 1. The van der Waals surface area contributed by atoms with Crippen LogP contribution in [0.1, 0.15) is 11.1 Å². The Balaban J connectivity index is 1.61. The molecule has 0 spiro atoms. The number of amides is 1. The highest BCUT2D eigenvalue weighted by molar-refractivity contribution is 6.32. The Morgan fingerprint density at radius 2 is 2.04 bits per heavy atom. The molecule has 2 aromatic rings. The molecule has 0 bridgehead atoms. The van der Waals surface area contributed by atoms with Crippen molar-refractivity contribution in [2.24, 2.45) is 0 Å². The molecule has 7 heteroatoms. The lowest BCUT2D eigenvalue weighted by Gasteiger charge is -2.20. The highest BCUT2D eigenvalue weighted by Gasteiger charge is 2.17. The number of fused-ring (bicyclic) bond motifs is 1. The van der Waals surface area contributed by atoms with Gasteiger partial charge in [-0.1, -0.05) is 17.7 Å². The van der Waals surface area contributed by atoms with Crippen molar-refractivity contribution in [1.82, 2.24) is 5.32 Å². The molecule has 1 aliphatic rings. The fourth-order valence-corrected chi connectivity index (χ4v) is 2.82. The van der Waals surface area contributed by atoms with Crippen LogP contribution in [0.4, 0.5) is 4.39 Å². The molecule has 0 saturated heterocycles. The average Bonchev–Trinajstić information content (AvgIpc) is 2.60. The van der Waals surface area contributed by atoms with Gasteiger partial charge in [-0.3, -0.25) is 4.79 Å². The van der Waals surface area contributed by atoms with E-state index in [-0.39, 0.29) is 24.6 Å². The predicted molar refractivity (Wildman–Crippen MR) is 90.9 cm³/mol. The topological polar surface area (TPSA) is 56.8 Å². The van der Waals surface area contributed by atoms with Gasteiger partial charge in [0, 0.05) is 6.54 Å². The van der Waals surface area contributed by atoms with E-state index >= 15 is 0 Å². The maximum absolute atomic E-state index is 13.7. The molecule has 0 aromatic heterocycles. The molecule has 2 aromatic carbocycles. The fourth-order valence-electron chi connectivity index (χ4n) is 2.53. The van der Waals surface area contributed by atoms with Crippen molar-refractivity contribution >= 4 is 17.5 Å². The van der Waals surface area contributed by atoms with Crippen molar-refractivity contribution < 1.29 is 23.4 Å². The Bertz CT molecular complexity index is 797. The zero-order chi connectivity index (χ0) is 17.8. The summed E-state index contributed by atoms with van der Waals surface area (Å²) >= 11 is 6.17. The van der Waals surface area contributed by atoms with Crippen molar-refractivity contribution in [3.8, 4) is 17.2 Å². The number of nitrogens with one attached hydrogen (secondary N) is 1. The molecule has 0 aliphatic carbocycles. The van der Waals surface area contributed by atoms with Crippen LogP contribution in [0.15, 0.2) is 30.3 Å². The van der Waals surface area contributed by atoms with Crippen LogP contribution >= 0.6 is 11.6 Å². The van der Waals surface area contributed by atoms with E-state index in [0.29, 0.717) is 35.3 Å². The van der Waals surface area contributed by atoms with Gasteiger partial charge in [0.25, 0.3) is 0 Å². The molecule has 0 atom stereocenters. The van der Waals surface area contributed by atoms with Gasteiger partial charge in [0.1, 0.15) is 13.2 Å². The summed E-state index contributed by atoms with van der Waals surface area (Å²) in [5.41, 5.74) is 1.36. The molecule has 1 aliphatic heterocycles. The lowest BCUT2D eigenvalue weighted by molar-refractivity contribution is -0.120. The van der Waals surface area contributed by atoms with E-state index in [1.54, 1.807) is 18.2 Å². The Morgan fingerprint density at radius 1 is 1.24 bits per heavy atom. The SMILES string of the molecule is COc1ccc(CC(=O)NCc2cc(Cl)c3c(c2)OCCO3)cc1F. The number of carbonyl (C=O) groups is 1. The molecular weight excluding hydrogens is 349 g/mol. The normalized spacial score (nSPS) is 12.6. The van der Waals surface area contributed by atoms with Gasteiger partial charge in [0.2, 0.25) is 5.91 Å². The highest BCUT2D eigenvalue weighted by Crippen LogP contribution is 2.38. The minimum Gasteiger partial charge on any atom is -0.494 e. The molecule has 1 N–H and O–H groups in total. The van der Waals surface area contributed by atoms with Gasteiger partial charge >= 0.3 is 0 Å². The van der Waals surface area contributed by atoms with Gasteiger partial charge in [0.15, 0.2) is 23.1 Å². The number of rotatable bonds is 5. The molecule has 0 radical (unpaired) electrons. The van der Waals surface area contributed by atoms with Crippen molar-refractivity contribution in [2.45, 2.75) is 13.0 Å². The zero-order valence-corrected chi connectivity index (χ0v) is 14.4. The third-order valence-corrected chi connectivity index (χ3v) is 4.01. The van der Waals surface area contributed by atoms with E-state index in [4.69, 9.17) is 25.8 Å². The molecule has 1 heterocycles. The first-order valence-corrected chi connectivity index (χ1v) is 8.11. The highest BCUT2D eigenvalue weighted by atomic mass is 35.5. The predicted octanol–water partition coefficient (Wildman–Crippen LogP) is 3.12. The molecule has 132 valence electrons. The van der Waals surface area contributed by atoms with Crippen molar-refractivity contribution in [1.29, 1.82) is 0 Å². The maximum Gasteiger partial charge on any atom is 0.224 e. The average molecular weight is 366 g/mol. The molecule has 25 heavy (non-hydrogen) atoms. The van der Waals surface area contributed by atoms with Crippen LogP contribution < -0.4 is 19.5 Å². The van der Waals surface area contributed by atoms with Crippen LogP contribution in [0.3, 0.4) is 0 Å². The lowest BCUT2D eigenvalue weighted by Crippen LogP contribution is -2.25. The summed E-state index contributed by atoms with van der Waals surface area (Å²) < 4.78 is 29.5. The van der Waals surface area contributed by atoms with Gasteiger partial charge in [0.05, 0.1) is 18.6 Å². The molecule has 3 rings (SSSR count). The standard InChI is InChI=1S/C18H17ClFNO4/c1-23-15-3-2-11(7-14(15)20)9-17(22)21-10-12-6-13(19)18-16(8-12)24-4-5-25-18/h2-3,6-8H,4-5,9-10H2,1H3,(H,21,22). The first-order valence-electron chi connectivity index (χ1n) is 7.74. The van der Waals surface area contributed by atoms with Crippen LogP contribution in [-0.2, 0) is 17.8 Å². The van der Waals surface area contributed by atoms with E-state index in [1.807, 2.05) is 0 Å². The Labute approximate surface area is 149 Å². The fraction of sp³-hybridized carbons (Fsp3) is 0.278. The lowest BCUT2D eigenvalue weighted by atomic mass is 10.1. The van der Waals surface area contributed by atoms with Crippen molar-refractivity contribution in [3.63, 3.8) is 0 Å². The van der Waals surface area contributed by atoms with Crippen LogP contribution in [0.2, 0.25) is 5.02 Å². The van der Waals surface area contributed by atoms with Gasteiger partial charge in [-0.15, -0.1) is 0 Å². The van der Waals surface area contributed by atoms with E-state index in [0.717, 1.165) is 5.56 Å². The second kappa shape index (κ2) is 7.61. The molecule has 0 unspecified atom stereocenters. The second-order valence-corrected chi connectivity index (χ2v) is 5.93. The molecule has 5 nitrogen and oxygen atoms in total. The van der Waals surface area contributed by atoms with Crippen molar-refractivity contribution in [3.05, 3.63) is 52.3 Å². The summed E-state index contributed by atoms with van der Waals surface area (Å²) in [5, 5.41) is 3.23. The summed E-state index contributed by atoms with van der Waals surface area (Å²) in [7, 11) is 1.39. The number of halogens is 2. The maximum atomic E-state index is 13.7. The summed E-state index contributed by atoms with van der Waals surface area (Å²) in [4.78, 5) is 12.1. The summed E-state index contributed by atoms with van der Waals surface area (Å²) in [6.45, 7) is 1.21. The van der Waals surface area contributed by atoms with Crippen LogP contribution in [-0.4, -0.2) is 26.2 Å². The largest absolute Gasteiger partial charge is 0.494 e. The van der Waals surface area contributed by atoms with E-state index in [2.05, 4.69) is 5.32 Å². The number of benzene rings is 2. The zero-order valence-electron chi connectivity index (χ0n) is 13.6. The first-order chi connectivity index (χ1) is 12.1. The number of carbonyl (C=O) groups excluding carboxylic acids is 1. The van der Waals surface area contributed by atoms with Gasteiger partial charge in [-0.2, -0.15) is 0 Å². The number of hydrogen-bond acceptors (Lipinski definition) is 4. The second-order valence-electron chi connectivity index (χ2n) is 5.52. The Hall–Kier alpha value is -2.47. The molecule has 0 fully saturated rings. The van der Waals surface area contributed by atoms with Crippen LogP contribution in [0, 0.1) is 5.82 Å². The Kier molecular flexibility index (Phi) is 5.28. The van der Waals surface area contributed by atoms with E-state index in [9.17, 15) is 9.18 Å². The van der Waals surface area contributed by atoms with Crippen molar-refractivity contribution in [2.75, 3.05) is 20.3 Å². The van der Waals surface area contributed by atoms with Crippen LogP contribution in [0.5, 0.6) is 17.2 Å². The minimum atomic E-state index is -0.494. The van der Waals surface area contributed by atoms with Crippen LogP contribution in [0.25, 0.3) is 0 Å². The summed E-state index contributed by atoms with van der Waals surface area (Å²) in [6, 6.07) is 7.95. The molecular formula is C18H17ClFNO4. The van der Waals surface area contributed by atoms with E-state index in [1.165, 1.54) is 19.2 Å². The summed E-state index contributed by atoms with van der Waals surface area (Å²) in [5.74, 6) is 0.522. The quantitative estimate of drug-likeness (QED) is 0.884. The van der Waals surface area contributed by atoms with Gasteiger partial charge < -0.3 is 19.5 Å².